The highest BCUT2D eigenvalue weighted by atomic mass is 35.5. The van der Waals surface area contributed by atoms with Gasteiger partial charge in [-0.3, -0.25) is 9.69 Å². The number of hydrogen-bond donors (Lipinski definition) is 1. The van der Waals surface area contributed by atoms with Crippen LogP contribution in [0.3, 0.4) is 0 Å². The van der Waals surface area contributed by atoms with E-state index in [1.807, 2.05) is 11.9 Å². The fourth-order valence-corrected chi connectivity index (χ4v) is 1.66. The second-order valence-corrected chi connectivity index (χ2v) is 3.50. The lowest BCUT2D eigenvalue weighted by atomic mass is 9.99. The van der Waals surface area contributed by atoms with Crippen LogP contribution < -0.4 is 0 Å². The van der Waals surface area contributed by atoms with E-state index >= 15 is 0 Å². The molecule has 0 aromatic heterocycles. The van der Waals surface area contributed by atoms with E-state index in [9.17, 15) is 9.90 Å². The van der Waals surface area contributed by atoms with Crippen LogP contribution in [0, 0.1) is 0 Å². The highest BCUT2D eigenvalue weighted by molar-refractivity contribution is 5.85. The largest absolute Gasteiger partial charge is 0.468 e. The topological polar surface area (TPSA) is 49.8 Å². The summed E-state index contributed by atoms with van der Waals surface area (Å²) in [6.45, 7) is 2.32. The van der Waals surface area contributed by atoms with Crippen LogP contribution in [0.1, 0.15) is 13.3 Å². The first-order chi connectivity index (χ1) is 5.50. The number of aliphatic hydroxyl groups is 1. The zero-order chi connectivity index (χ0) is 9.35. The summed E-state index contributed by atoms with van der Waals surface area (Å²) in [5, 5.41) is 9.33. The van der Waals surface area contributed by atoms with Gasteiger partial charge in [0.05, 0.1) is 13.2 Å². The van der Waals surface area contributed by atoms with Crippen LogP contribution >= 0.6 is 12.4 Å². The van der Waals surface area contributed by atoms with Gasteiger partial charge in [-0.2, -0.15) is 0 Å². The fraction of sp³-hybridized carbons (Fsp3) is 0.875. The first-order valence-corrected chi connectivity index (χ1v) is 3.98. The summed E-state index contributed by atoms with van der Waals surface area (Å²) in [5.41, 5.74) is -0.645. The van der Waals surface area contributed by atoms with Crippen LogP contribution in [-0.2, 0) is 9.53 Å². The molecule has 1 saturated heterocycles. The van der Waals surface area contributed by atoms with E-state index in [1.54, 1.807) is 6.92 Å². The minimum absolute atomic E-state index is 0. The molecular formula is C8H16ClNO3. The first kappa shape index (κ1) is 12.7. The number of rotatable bonds is 1. The van der Waals surface area contributed by atoms with Gasteiger partial charge in [-0.15, -0.1) is 12.4 Å². The summed E-state index contributed by atoms with van der Waals surface area (Å²) in [4.78, 5) is 13.1. The van der Waals surface area contributed by atoms with E-state index in [4.69, 9.17) is 0 Å². The number of halogens is 1. The molecule has 1 aliphatic rings. The summed E-state index contributed by atoms with van der Waals surface area (Å²) >= 11 is 0. The number of carbonyl (C=O) groups is 1. The average Bonchev–Trinajstić information content (AvgIpc) is 2.26. The molecule has 0 aromatic rings. The predicted octanol–water partition coefficient (Wildman–Crippen LogP) is 0.0363. The molecule has 13 heavy (non-hydrogen) atoms. The molecule has 1 fully saturated rings. The molecule has 0 amide bonds. The number of methoxy groups -OCH3 is 1. The standard InChI is InChI=1S/C8H15NO3.ClH/c1-8(7(11)12-3)4-6(10)5-9(8)2;/h6,10H,4-5H2,1-3H3;1H. The van der Waals surface area contributed by atoms with E-state index < -0.39 is 11.6 Å². The molecule has 0 spiro atoms. The van der Waals surface area contributed by atoms with Crippen molar-refractivity contribution in [3.63, 3.8) is 0 Å². The molecule has 2 unspecified atom stereocenters. The van der Waals surface area contributed by atoms with Gasteiger partial charge in [-0.1, -0.05) is 0 Å². The van der Waals surface area contributed by atoms with Crippen molar-refractivity contribution in [3.8, 4) is 0 Å². The van der Waals surface area contributed by atoms with Gasteiger partial charge in [0.2, 0.25) is 0 Å². The molecule has 5 heteroatoms. The molecule has 1 heterocycles. The van der Waals surface area contributed by atoms with Crippen LogP contribution in [-0.4, -0.2) is 48.3 Å². The number of carbonyl (C=O) groups excluding carboxylic acids is 1. The normalized spacial score (nSPS) is 34.0. The van der Waals surface area contributed by atoms with Crippen LogP contribution in [0.15, 0.2) is 0 Å². The SMILES string of the molecule is COC(=O)C1(C)CC(O)CN1C.Cl. The maximum atomic E-state index is 11.3. The van der Waals surface area contributed by atoms with Crippen LogP contribution in [0.5, 0.6) is 0 Å². The smallest absolute Gasteiger partial charge is 0.326 e. The minimum Gasteiger partial charge on any atom is -0.468 e. The Morgan fingerprint density at radius 1 is 1.69 bits per heavy atom. The van der Waals surface area contributed by atoms with Crippen LogP contribution in [0.4, 0.5) is 0 Å². The summed E-state index contributed by atoms with van der Waals surface area (Å²) in [6.07, 6.45) is 0.0370. The highest BCUT2D eigenvalue weighted by Crippen LogP contribution is 2.28. The number of aliphatic hydroxyl groups excluding tert-OH is 1. The van der Waals surface area contributed by atoms with E-state index in [0.29, 0.717) is 13.0 Å². The van der Waals surface area contributed by atoms with Gasteiger partial charge in [0.1, 0.15) is 5.54 Å². The molecule has 1 N–H and O–H groups in total. The molecule has 1 aliphatic heterocycles. The average molecular weight is 210 g/mol. The van der Waals surface area contributed by atoms with E-state index in [1.165, 1.54) is 7.11 Å². The maximum absolute atomic E-state index is 11.3. The second-order valence-electron chi connectivity index (χ2n) is 3.50. The monoisotopic (exact) mass is 209 g/mol. The van der Waals surface area contributed by atoms with Crippen molar-refractivity contribution in [2.45, 2.75) is 25.0 Å². The lowest BCUT2D eigenvalue weighted by molar-refractivity contribution is -0.151. The van der Waals surface area contributed by atoms with Gasteiger partial charge >= 0.3 is 5.97 Å². The fourth-order valence-electron chi connectivity index (χ4n) is 1.66. The van der Waals surface area contributed by atoms with Crippen LogP contribution in [0.2, 0.25) is 0 Å². The molecule has 0 saturated carbocycles. The number of nitrogens with zero attached hydrogens (tertiary/aromatic N) is 1. The third kappa shape index (κ3) is 2.13. The molecule has 78 valence electrons. The molecule has 2 atom stereocenters. The number of β-amino-alcohol motifs (C(OH)–C–C–N with tert-alkyl or cyclic N) is 1. The van der Waals surface area contributed by atoms with Crippen molar-refractivity contribution in [2.75, 3.05) is 20.7 Å². The Kier molecular flexibility index (Phi) is 4.16. The van der Waals surface area contributed by atoms with E-state index in [-0.39, 0.29) is 18.4 Å². The summed E-state index contributed by atoms with van der Waals surface area (Å²) in [5.74, 6) is -0.276. The van der Waals surface area contributed by atoms with E-state index in [0.717, 1.165) is 0 Å². The molecule has 0 aliphatic carbocycles. The number of esters is 1. The quantitative estimate of drug-likeness (QED) is 0.620. The Bertz CT molecular complexity index is 200. The molecule has 0 aromatic carbocycles. The Labute approximate surface area is 84.3 Å². The zero-order valence-corrected chi connectivity index (χ0v) is 8.93. The van der Waals surface area contributed by atoms with Gasteiger partial charge < -0.3 is 9.84 Å². The molecule has 4 nitrogen and oxygen atoms in total. The van der Waals surface area contributed by atoms with Gasteiger partial charge in [0.15, 0.2) is 0 Å². The Balaban J connectivity index is 0.00000144. The highest BCUT2D eigenvalue weighted by Gasteiger charge is 2.46. The lowest BCUT2D eigenvalue weighted by Gasteiger charge is -2.28. The van der Waals surface area contributed by atoms with Crippen molar-refractivity contribution in [1.82, 2.24) is 4.90 Å². The van der Waals surface area contributed by atoms with Crippen molar-refractivity contribution in [3.05, 3.63) is 0 Å². The van der Waals surface area contributed by atoms with Crippen molar-refractivity contribution < 1.29 is 14.6 Å². The molecule has 0 bridgehead atoms. The van der Waals surface area contributed by atoms with E-state index in [2.05, 4.69) is 4.74 Å². The summed E-state index contributed by atoms with van der Waals surface area (Å²) in [7, 11) is 3.18. The van der Waals surface area contributed by atoms with Gasteiger partial charge in [-0.25, -0.2) is 0 Å². The number of hydrogen-bond acceptors (Lipinski definition) is 4. The number of likely N-dealkylation sites (tertiary alicyclic amines) is 1. The summed E-state index contributed by atoms with van der Waals surface area (Å²) < 4.78 is 4.66. The lowest BCUT2D eigenvalue weighted by Crippen LogP contribution is -2.46. The maximum Gasteiger partial charge on any atom is 0.326 e. The Hall–Kier alpha value is -0.320. The van der Waals surface area contributed by atoms with Gasteiger partial charge in [0.25, 0.3) is 0 Å². The predicted molar refractivity (Wildman–Crippen MR) is 50.9 cm³/mol. The number of likely N-dealkylation sites (N-methyl/N-ethyl adjacent to an activating group) is 1. The zero-order valence-electron chi connectivity index (χ0n) is 8.11. The molecular weight excluding hydrogens is 194 g/mol. The second kappa shape index (κ2) is 4.26. The Morgan fingerprint density at radius 3 is 2.54 bits per heavy atom. The summed E-state index contributed by atoms with van der Waals surface area (Å²) in [6, 6.07) is 0. The van der Waals surface area contributed by atoms with Crippen molar-refractivity contribution in [2.24, 2.45) is 0 Å². The number of ether oxygens (including phenoxy) is 1. The van der Waals surface area contributed by atoms with Crippen molar-refractivity contribution >= 4 is 18.4 Å². The molecule has 1 rings (SSSR count). The first-order valence-electron chi connectivity index (χ1n) is 3.98. The Morgan fingerprint density at radius 2 is 2.23 bits per heavy atom. The van der Waals surface area contributed by atoms with Gasteiger partial charge in [0, 0.05) is 13.0 Å². The molecule has 0 radical (unpaired) electrons. The minimum atomic E-state index is -0.645. The third-order valence-electron chi connectivity index (χ3n) is 2.59. The van der Waals surface area contributed by atoms with Crippen LogP contribution in [0.25, 0.3) is 0 Å². The third-order valence-corrected chi connectivity index (χ3v) is 2.59. The van der Waals surface area contributed by atoms with Gasteiger partial charge in [-0.05, 0) is 14.0 Å². The van der Waals surface area contributed by atoms with Crippen molar-refractivity contribution in [1.29, 1.82) is 0 Å².